The lowest BCUT2D eigenvalue weighted by atomic mass is 9.94. The molecule has 24 heavy (non-hydrogen) atoms. The summed E-state index contributed by atoms with van der Waals surface area (Å²) in [6.45, 7) is 0.0193. The topological polar surface area (TPSA) is 58.9 Å². The Bertz CT molecular complexity index is 598. The SMILES string of the molecule is OCc1cccc(OC2CCCCC2Oc2cccc(CO)c2)c1. The minimum atomic E-state index is -0.00882. The third-order valence-corrected chi connectivity index (χ3v) is 4.38. The molecule has 0 saturated heterocycles. The van der Waals surface area contributed by atoms with E-state index >= 15 is 0 Å². The zero-order valence-corrected chi connectivity index (χ0v) is 13.7. The fourth-order valence-corrected chi connectivity index (χ4v) is 3.12. The molecular formula is C20H24O4. The highest BCUT2D eigenvalue weighted by Gasteiger charge is 2.28. The molecule has 0 bridgehead atoms. The number of rotatable bonds is 6. The van der Waals surface area contributed by atoms with Crippen molar-refractivity contribution in [1.29, 1.82) is 0 Å². The average Bonchev–Trinajstić information content (AvgIpc) is 2.64. The number of aliphatic hydroxyl groups is 2. The number of benzene rings is 2. The van der Waals surface area contributed by atoms with E-state index in [-0.39, 0.29) is 25.4 Å². The van der Waals surface area contributed by atoms with E-state index in [1.165, 1.54) is 0 Å². The summed E-state index contributed by atoms with van der Waals surface area (Å²) < 4.78 is 12.3. The van der Waals surface area contributed by atoms with Gasteiger partial charge in [-0.25, -0.2) is 0 Å². The van der Waals surface area contributed by atoms with Gasteiger partial charge < -0.3 is 19.7 Å². The van der Waals surface area contributed by atoms with Gasteiger partial charge >= 0.3 is 0 Å². The summed E-state index contributed by atoms with van der Waals surface area (Å²) in [5.41, 5.74) is 1.69. The Labute approximate surface area is 142 Å². The Hall–Kier alpha value is -2.04. The highest BCUT2D eigenvalue weighted by Crippen LogP contribution is 2.28. The van der Waals surface area contributed by atoms with Gasteiger partial charge in [0.2, 0.25) is 0 Å². The smallest absolute Gasteiger partial charge is 0.135 e. The fourth-order valence-electron chi connectivity index (χ4n) is 3.12. The van der Waals surface area contributed by atoms with Crippen LogP contribution in [0.15, 0.2) is 48.5 Å². The zero-order chi connectivity index (χ0) is 16.8. The second-order valence-electron chi connectivity index (χ2n) is 6.21. The fraction of sp³-hybridized carbons (Fsp3) is 0.400. The second-order valence-corrected chi connectivity index (χ2v) is 6.21. The van der Waals surface area contributed by atoms with Crippen molar-refractivity contribution in [2.24, 2.45) is 0 Å². The van der Waals surface area contributed by atoms with Crippen LogP contribution in [0.3, 0.4) is 0 Å². The van der Waals surface area contributed by atoms with E-state index in [1.54, 1.807) is 0 Å². The second kappa shape index (κ2) is 8.18. The molecule has 1 aliphatic carbocycles. The van der Waals surface area contributed by atoms with Crippen LogP contribution < -0.4 is 9.47 Å². The van der Waals surface area contributed by atoms with Gasteiger partial charge in [0, 0.05) is 0 Å². The summed E-state index contributed by atoms with van der Waals surface area (Å²) in [7, 11) is 0. The molecule has 0 aromatic heterocycles. The van der Waals surface area contributed by atoms with Crippen molar-refractivity contribution in [2.75, 3.05) is 0 Å². The van der Waals surface area contributed by atoms with Gasteiger partial charge in [-0.15, -0.1) is 0 Å². The van der Waals surface area contributed by atoms with Crippen LogP contribution in [-0.4, -0.2) is 22.4 Å². The molecule has 0 heterocycles. The van der Waals surface area contributed by atoms with Gasteiger partial charge in [0.15, 0.2) is 0 Å². The van der Waals surface area contributed by atoms with Gasteiger partial charge in [-0.05, 0) is 61.1 Å². The van der Waals surface area contributed by atoms with Gasteiger partial charge in [0.1, 0.15) is 23.7 Å². The van der Waals surface area contributed by atoms with Crippen LogP contribution in [0.4, 0.5) is 0 Å². The van der Waals surface area contributed by atoms with E-state index in [1.807, 2.05) is 48.5 Å². The minimum absolute atomic E-state index is 0.00882. The standard InChI is InChI=1S/C20H24O4/c21-13-15-5-3-7-17(11-15)23-19-9-1-2-10-20(19)24-18-8-4-6-16(12-18)14-22/h3-8,11-12,19-22H,1-2,9-10,13-14H2. The van der Waals surface area contributed by atoms with Gasteiger partial charge in [-0.3, -0.25) is 0 Å². The summed E-state index contributed by atoms with van der Waals surface area (Å²) in [6.07, 6.45) is 4.14. The molecule has 3 rings (SSSR count). The number of ether oxygens (including phenoxy) is 2. The number of hydrogen-bond donors (Lipinski definition) is 2. The first-order valence-electron chi connectivity index (χ1n) is 8.51. The minimum Gasteiger partial charge on any atom is -0.487 e. The van der Waals surface area contributed by atoms with Crippen molar-refractivity contribution in [3.8, 4) is 11.5 Å². The highest BCUT2D eigenvalue weighted by atomic mass is 16.5. The summed E-state index contributed by atoms with van der Waals surface area (Å²) in [5.74, 6) is 1.54. The van der Waals surface area contributed by atoms with Gasteiger partial charge in [-0.1, -0.05) is 24.3 Å². The molecule has 2 aromatic carbocycles. The van der Waals surface area contributed by atoms with Crippen molar-refractivity contribution in [3.05, 3.63) is 59.7 Å². The Kier molecular flexibility index (Phi) is 5.72. The quantitative estimate of drug-likeness (QED) is 0.853. The van der Waals surface area contributed by atoms with E-state index in [0.717, 1.165) is 48.3 Å². The van der Waals surface area contributed by atoms with Gasteiger partial charge in [0.05, 0.1) is 13.2 Å². The average molecular weight is 328 g/mol. The molecule has 4 heteroatoms. The van der Waals surface area contributed by atoms with Crippen LogP contribution in [0, 0.1) is 0 Å². The van der Waals surface area contributed by atoms with Crippen LogP contribution in [-0.2, 0) is 13.2 Å². The number of hydrogen-bond acceptors (Lipinski definition) is 4. The van der Waals surface area contributed by atoms with Crippen molar-refractivity contribution >= 4 is 0 Å². The molecule has 2 aromatic rings. The third-order valence-electron chi connectivity index (χ3n) is 4.38. The largest absolute Gasteiger partial charge is 0.487 e. The zero-order valence-electron chi connectivity index (χ0n) is 13.7. The highest BCUT2D eigenvalue weighted by molar-refractivity contribution is 5.29. The first-order valence-corrected chi connectivity index (χ1v) is 8.51. The van der Waals surface area contributed by atoms with Crippen molar-refractivity contribution in [1.82, 2.24) is 0 Å². The summed E-state index contributed by atoms with van der Waals surface area (Å²) >= 11 is 0. The van der Waals surface area contributed by atoms with E-state index < -0.39 is 0 Å². The van der Waals surface area contributed by atoms with Crippen molar-refractivity contribution < 1.29 is 19.7 Å². The maximum atomic E-state index is 9.26. The van der Waals surface area contributed by atoms with E-state index in [4.69, 9.17) is 9.47 Å². The van der Waals surface area contributed by atoms with E-state index in [9.17, 15) is 10.2 Å². The Morgan fingerprint density at radius 1 is 0.750 bits per heavy atom. The first-order chi connectivity index (χ1) is 11.8. The molecule has 1 fully saturated rings. The van der Waals surface area contributed by atoms with E-state index in [0.29, 0.717) is 0 Å². The lowest BCUT2D eigenvalue weighted by Gasteiger charge is -2.32. The molecule has 4 nitrogen and oxygen atoms in total. The predicted octanol–water partition coefficient (Wildman–Crippen LogP) is 3.44. The lowest BCUT2D eigenvalue weighted by molar-refractivity contribution is 0.0230. The van der Waals surface area contributed by atoms with Gasteiger partial charge in [-0.2, -0.15) is 0 Å². The lowest BCUT2D eigenvalue weighted by Crippen LogP contribution is -2.39. The van der Waals surface area contributed by atoms with Crippen LogP contribution in [0.2, 0.25) is 0 Å². The monoisotopic (exact) mass is 328 g/mol. The summed E-state index contributed by atoms with van der Waals surface area (Å²) in [6, 6.07) is 15.1. The molecule has 1 saturated carbocycles. The van der Waals surface area contributed by atoms with Gasteiger partial charge in [0.25, 0.3) is 0 Å². The Morgan fingerprint density at radius 3 is 1.62 bits per heavy atom. The predicted molar refractivity (Wildman–Crippen MR) is 92.0 cm³/mol. The van der Waals surface area contributed by atoms with E-state index in [2.05, 4.69) is 0 Å². The molecule has 0 aliphatic heterocycles. The van der Waals surface area contributed by atoms with Crippen LogP contribution >= 0.6 is 0 Å². The maximum absolute atomic E-state index is 9.26. The molecule has 2 unspecified atom stereocenters. The Morgan fingerprint density at radius 2 is 1.21 bits per heavy atom. The molecule has 2 N–H and O–H groups in total. The van der Waals surface area contributed by atoms with Crippen LogP contribution in [0.5, 0.6) is 11.5 Å². The maximum Gasteiger partial charge on any atom is 0.135 e. The first kappa shape index (κ1) is 16.8. The summed E-state index contributed by atoms with van der Waals surface area (Å²) in [4.78, 5) is 0. The molecule has 0 spiro atoms. The molecule has 2 atom stereocenters. The normalized spacial score (nSPS) is 20.6. The van der Waals surface area contributed by atoms with Crippen LogP contribution in [0.1, 0.15) is 36.8 Å². The summed E-state index contributed by atoms with van der Waals surface area (Å²) in [5, 5.41) is 18.5. The van der Waals surface area contributed by atoms with Crippen molar-refractivity contribution in [3.63, 3.8) is 0 Å². The van der Waals surface area contributed by atoms with Crippen LogP contribution in [0.25, 0.3) is 0 Å². The third kappa shape index (κ3) is 4.28. The molecular weight excluding hydrogens is 304 g/mol. The Balaban J connectivity index is 1.70. The molecule has 0 amide bonds. The van der Waals surface area contributed by atoms with Crippen molar-refractivity contribution in [2.45, 2.75) is 51.1 Å². The molecule has 128 valence electrons. The molecule has 0 radical (unpaired) electrons. The number of aliphatic hydroxyl groups excluding tert-OH is 2. The molecule has 1 aliphatic rings.